The molecule has 1 aromatic heterocycles. The van der Waals surface area contributed by atoms with Crippen molar-refractivity contribution in [2.75, 3.05) is 26.2 Å². The Morgan fingerprint density at radius 2 is 2.00 bits per heavy atom. The van der Waals surface area contributed by atoms with Gasteiger partial charge in [-0.2, -0.15) is 0 Å². The molecule has 3 rings (SSSR count). The van der Waals surface area contributed by atoms with Crippen LogP contribution in [0.15, 0.2) is 35.4 Å². The Bertz CT molecular complexity index is 789. The third-order valence-corrected chi connectivity index (χ3v) is 5.63. The van der Waals surface area contributed by atoms with Gasteiger partial charge in [-0.05, 0) is 63.2 Å². The van der Waals surface area contributed by atoms with Gasteiger partial charge >= 0.3 is 0 Å². The number of rotatable bonds is 6. The number of nitrogens with zero attached hydrogens (tertiary/aromatic N) is 2. The molecule has 0 saturated carbocycles. The molecule has 0 radical (unpaired) electrons. The summed E-state index contributed by atoms with van der Waals surface area (Å²) in [6.07, 6.45) is 4.66. The fourth-order valence-electron chi connectivity index (χ4n) is 2.94. The van der Waals surface area contributed by atoms with E-state index in [1.54, 1.807) is 12.1 Å². The zero-order chi connectivity index (χ0) is 16.3. The van der Waals surface area contributed by atoms with Crippen LogP contribution in [-0.2, 0) is 10.0 Å². The number of aromatic nitrogens is 1. The minimum Gasteiger partial charge on any atom is -0.303 e. The summed E-state index contributed by atoms with van der Waals surface area (Å²) in [4.78, 5) is 6.34. The second-order valence-electron chi connectivity index (χ2n) is 5.75. The first kappa shape index (κ1) is 16.3. The molecule has 1 aromatic carbocycles. The summed E-state index contributed by atoms with van der Waals surface area (Å²) < 4.78 is 41.3. The van der Waals surface area contributed by atoms with Crippen LogP contribution < -0.4 is 4.72 Å². The number of pyridine rings is 1. The van der Waals surface area contributed by atoms with Gasteiger partial charge < -0.3 is 4.90 Å². The predicted molar refractivity (Wildman–Crippen MR) is 87.2 cm³/mol. The molecule has 23 heavy (non-hydrogen) atoms. The van der Waals surface area contributed by atoms with E-state index in [1.807, 2.05) is 0 Å². The molecule has 0 unspecified atom stereocenters. The standard InChI is InChI=1S/C16H20FN3O2S/c17-14-6-7-15(13-5-3-8-18-16(13)14)23(21,22)19-9-4-12-20-10-1-2-11-20/h3,5-8,19H,1-2,4,9-12H2. The number of benzene rings is 1. The molecule has 5 nitrogen and oxygen atoms in total. The van der Waals surface area contributed by atoms with E-state index >= 15 is 0 Å². The zero-order valence-electron chi connectivity index (χ0n) is 12.8. The third-order valence-electron chi connectivity index (χ3n) is 4.11. The topological polar surface area (TPSA) is 62.3 Å². The van der Waals surface area contributed by atoms with Gasteiger partial charge in [0.15, 0.2) is 0 Å². The Kier molecular flexibility index (Phi) is 4.89. The predicted octanol–water partition coefficient (Wildman–Crippen LogP) is 2.14. The molecule has 1 N–H and O–H groups in total. The van der Waals surface area contributed by atoms with E-state index in [0.717, 1.165) is 32.1 Å². The van der Waals surface area contributed by atoms with Crippen LogP contribution in [0.5, 0.6) is 0 Å². The second-order valence-corrected chi connectivity index (χ2v) is 7.48. The number of hydrogen-bond donors (Lipinski definition) is 1. The van der Waals surface area contributed by atoms with Gasteiger partial charge in [0.1, 0.15) is 11.3 Å². The highest BCUT2D eigenvalue weighted by molar-refractivity contribution is 7.89. The van der Waals surface area contributed by atoms with Crippen molar-refractivity contribution in [2.24, 2.45) is 0 Å². The van der Waals surface area contributed by atoms with Crippen LogP contribution in [0.4, 0.5) is 4.39 Å². The Balaban J connectivity index is 1.71. The van der Waals surface area contributed by atoms with Gasteiger partial charge in [-0.25, -0.2) is 17.5 Å². The van der Waals surface area contributed by atoms with Crippen LogP contribution >= 0.6 is 0 Å². The second kappa shape index (κ2) is 6.90. The fraction of sp³-hybridized carbons (Fsp3) is 0.438. The number of fused-ring (bicyclic) bond motifs is 1. The van der Waals surface area contributed by atoms with Crippen molar-refractivity contribution in [2.45, 2.75) is 24.2 Å². The van der Waals surface area contributed by atoms with Crippen molar-refractivity contribution in [3.05, 3.63) is 36.3 Å². The van der Waals surface area contributed by atoms with Crippen LogP contribution in [0, 0.1) is 5.82 Å². The Hall–Kier alpha value is -1.57. The van der Waals surface area contributed by atoms with Crippen molar-refractivity contribution in [1.82, 2.24) is 14.6 Å². The molecule has 1 aliphatic rings. The molecular formula is C16H20FN3O2S. The van der Waals surface area contributed by atoms with Crippen molar-refractivity contribution in [1.29, 1.82) is 0 Å². The summed E-state index contributed by atoms with van der Waals surface area (Å²) in [6, 6.07) is 5.62. The third kappa shape index (κ3) is 3.68. The highest BCUT2D eigenvalue weighted by atomic mass is 32.2. The van der Waals surface area contributed by atoms with E-state index in [1.165, 1.54) is 25.1 Å². The average Bonchev–Trinajstić information content (AvgIpc) is 3.05. The number of halogens is 1. The number of sulfonamides is 1. The lowest BCUT2D eigenvalue weighted by atomic mass is 10.2. The normalized spacial score (nSPS) is 16.2. The Morgan fingerprint density at radius 3 is 2.78 bits per heavy atom. The fourth-order valence-corrected chi connectivity index (χ4v) is 4.21. The molecule has 0 bridgehead atoms. The van der Waals surface area contributed by atoms with Crippen LogP contribution in [0.3, 0.4) is 0 Å². The lowest BCUT2D eigenvalue weighted by Gasteiger charge is -2.14. The Labute approximate surface area is 135 Å². The van der Waals surface area contributed by atoms with Crippen molar-refractivity contribution < 1.29 is 12.8 Å². The molecule has 1 saturated heterocycles. The van der Waals surface area contributed by atoms with E-state index in [2.05, 4.69) is 14.6 Å². The minimum absolute atomic E-state index is 0.0724. The van der Waals surface area contributed by atoms with Gasteiger partial charge in [0.25, 0.3) is 0 Å². The maximum absolute atomic E-state index is 13.8. The first-order valence-corrected chi connectivity index (χ1v) is 9.31. The molecule has 2 heterocycles. The highest BCUT2D eigenvalue weighted by Gasteiger charge is 2.19. The molecule has 7 heteroatoms. The smallest absolute Gasteiger partial charge is 0.241 e. The van der Waals surface area contributed by atoms with Crippen molar-refractivity contribution in [3.8, 4) is 0 Å². The van der Waals surface area contributed by atoms with Crippen molar-refractivity contribution >= 4 is 20.9 Å². The largest absolute Gasteiger partial charge is 0.303 e. The highest BCUT2D eigenvalue weighted by Crippen LogP contribution is 2.23. The van der Waals surface area contributed by atoms with E-state index < -0.39 is 15.8 Å². The van der Waals surface area contributed by atoms with Crippen molar-refractivity contribution in [3.63, 3.8) is 0 Å². The summed E-state index contributed by atoms with van der Waals surface area (Å²) in [7, 11) is -3.67. The molecule has 0 spiro atoms. The maximum atomic E-state index is 13.8. The van der Waals surface area contributed by atoms with E-state index in [0.29, 0.717) is 11.9 Å². The molecule has 0 aliphatic carbocycles. The van der Waals surface area contributed by atoms with E-state index in [4.69, 9.17) is 0 Å². The Morgan fingerprint density at radius 1 is 1.22 bits per heavy atom. The van der Waals surface area contributed by atoms with Gasteiger partial charge in [0.2, 0.25) is 10.0 Å². The van der Waals surface area contributed by atoms with Gasteiger partial charge in [0.05, 0.1) is 4.90 Å². The van der Waals surface area contributed by atoms with E-state index in [9.17, 15) is 12.8 Å². The summed E-state index contributed by atoms with van der Waals surface area (Å²) in [5.41, 5.74) is 0.0763. The van der Waals surface area contributed by atoms with Crippen LogP contribution in [0.1, 0.15) is 19.3 Å². The molecule has 0 amide bonds. The first-order valence-electron chi connectivity index (χ1n) is 7.83. The SMILES string of the molecule is O=S(=O)(NCCCN1CCCC1)c1ccc(F)c2ncccc12. The quantitative estimate of drug-likeness (QED) is 0.821. The lowest BCUT2D eigenvalue weighted by Crippen LogP contribution is -2.29. The molecule has 124 valence electrons. The maximum Gasteiger partial charge on any atom is 0.241 e. The summed E-state index contributed by atoms with van der Waals surface area (Å²) >= 11 is 0. The number of likely N-dealkylation sites (tertiary alicyclic amines) is 1. The van der Waals surface area contributed by atoms with Gasteiger partial charge in [0, 0.05) is 18.1 Å². The lowest BCUT2D eigenvalue weighted by molar-refractivity contribution is 0.334. The monoisotopic (exact) mass is 337 g/mol. The number of nitrogens with one attached hydrogen (secondary N) is 1. The molecule has 1 aliphatic heterocycles. The summed E-state index contributed by atoms with van der Waals surface area (Å²) in [5.74, 6) is -0.520. The van der Waals surface area contributed by atoms with Gasteiger partial charge in [-0.3, -0.25) is 4.98 Å². The van der Waals surface area contributed by atoms with Crippen LogP contribution in [0.2, 0.25) is 0 Å². The molecule has 2 aromatic rings. The van der Waals surface area contributed by atoms with Crippen LogP contribution in [0.25, 0.3) is 10.9 Å². The molecule has 0 atom stereocenters. The van der Waals surface area contributed by atoms with Gasteiger partial charge in [-0.15, -0.1) is 0 Å². The minimum atomic E-state index is -3.67. The summed E-state index contributed by atoms with van der Waals surface area (Å²) in [5, 5.41) is 0.305. The van der Waals surface area contributed by atoms with Crippen LogP contribution in [-0.4, -0.2) is 44.5 Å². The zero-order valence-corrected chi connectivity index (χ0v) is 13.7. The molecule has 1 fully saturated rings. The van der Waals surface area contributed by atoms with E-state index in [-0.39, 0.29) is 10.4 Å². The first-order chi connectivity index (χ1) is 11.1. The van der Waals surface area contributed by atoms with Gasteiger partial charge in [-0.1, -0.05) is 0 Å². The molecular weight excluding hydrogens is 317 g/mol. The summed E-state index contributed by atoms with van der Waals surface area (Å²) in [6.45, 7) is 3.47. The number of hydrogen-bond acceptors (Lipinski definition) is 4. The average molecular weight is 337 g/mol.